The summed E-state index contributed by atoms with van der Waals surface area (Å²) in [5.74, 6) is 0.629. The molecule has 3 aliphatic heterocycles. The van der Waals surface area contributed by atoms with E-state index in [1.54, 1.807) is 26.4 Å². The molecule has 6 N–H and O–H groups in total. The van der Waals surface area contributed by atoms with Gasteiger partial charge >= 0.3 is 0 Å². The molecule has 6 unspecified atom stereocenters. The van der Waals surface area contributed by atoms with Gasteiger partial charge in [-0.3, -0.25) is 5.43 Å². The van der Waals surface area contributed by atoms with Gasteiger partial charge in [-0.2, -0.15) is 5.26 Å². The van der Waals surface area contributed by atoms with Crippen LogP contribution in [-0.2, 0) is 4.74 Å². The average molecular weight is 467 g/mol. The summed E-state index contributed by atoms with van der Waals surface area (Å²) in [6.45, 7) is 0.604. The molecule has 2 fully saturated rings. The summed E-state index contributed by atoms with van der Waals surface area (Å²) in [6, 6.07) is 14.1. The van der Waals surface area contributed by atoms with E-state index in [1.807, 2.05) is 18.2 Å². The molecule has 0 aromatic heterocycles. The van der Waals surface area contributed by atoms with E-state index in [4.69, 9.17) is 19.9 Å². The number of allylic oxidation sites excluding steroid dienone is 1. The van der Waals surface area contributed by atoms with Gasteiger partial charge in [-0.05, 0) is 35.4 Å². The Morgan fingerprint density at radius 1 is 1.00 bits per heavy atom. The number of nitriles is 1. The van der Waals surface area contributed by atoms with Crippen molar-refractivity contribution in [3.05, 3.63) is 70.9 Å². The van der Waals surface area contributed by atoms with Crippen molar-refractivity contribution in [2.75, 3.05) is 20.8 Å². The van der Waals surface area contributed by atoms with Crippen LogP contribution in [0.4, 0.5) is 4.39 Å². The molecule has 3 aliphatic rings. The van der Waals surface area contributed by atoms with Gasteiger partial charge in [0.15, 0.2) is 23.6 Å². The highest BCUT2D eigenvalue weighted by Crippen LogP contribution is 2.49. The zero-order valence-electron chi connectivity index (χ0n) is 18.8. The lowest BCUT2D eigenvalue weighted by molar-refractivity contribution is 0.00570. The monoisotopic (exact) mass is 466 g/mol. The second-order valence-electron chi connectivity index (χ2n) is 8.63. The topological polar surface area (TPSA) is 126 Å². The van der Waals surface area contributed by atoms with Crippen LogP contribution in [0.3, 0.4) is 0 Å². The SMILES string of the molecule is COc1ccc(C2NNC3OC(N)=C(C#N)C(C4CNNC4c4ccc(F)cc4)C32)cc1OC. The maximum absolute atomic E-state index is 13.6. The Kier molecular flexibility index (Phi) is 6.02. The summed E-state index contributed by atoms with van der Waals surface area (Å²) >= 11 is 0. The van der Waals surface area contributed by atoms with Gasteiger partial charge in [-0.25, -0.2) is 20.7 Å². The zero-order chi connectivity index (χ0) is 23.8. The smallest absolute Gasteiger partial charge is 0.200 e. The molecule has 2 aromatic rings. The number of hydrogen-bond acceptors (Lipinski definition) is 9. The van der Waals surface area contributed by atoms with Crippen LogP contribution in [0, 0.1) is 34.9 Å². The van der Waals surface area contributed by atoms with Crippen molar-refractivity contribution in [1.29, 1.82) is 5.26 Å². The first kappa shape index (κ1) is 22.4. The van der Waals surface area contributed by atoms with Crippen molar-refractivity contribution < 1.29 is 18.6 Å². The number of fused-ring (bicyclic) bond motifs is 1. The van der Waals surface area contributed by atoms with E-state index in [2.05, 4.69) is 27.8 Å². The number of nitrogens with zero attached hydrogens (tertiary/aromatic N) is 1. The lowest BCUT2D eigenvalue weighted by Gasteiger charge is -2.40. The van der Waals surface area contributed by atoms with E-state index in [0.717, 1.165) is 11.1 Å². The van der Waals surface area contributed by atoms with Crippen molar-refractivity contribution in [2.45, 2.75) is 18.3 Å². The number of hydrogen-bond donors (Lipinski definition) is 5. The molecular formula is C24H27FN6O3. The molecule has 2 saturated heterocycles. The van der Waals surface area contributed by atoms with Crippen LogP contribution in [0.5, 0.6) is 11.5 Å². The number of nitrogens with one attached hydrogen (secondary N) is 4. The van der Waals surface area contributed by atoms with Gasteiger partial charge in [0.05, 0.1) is 31.9 Å². The van der Waals surface area contributed by atoms with Crippen molar-refractivity contribution in [3.63, 3.8) is 0 Å². The number of ether oxygens (including phenoxy) is 3. The average Bonchev–Trinajstić information content (AvgIpc) is 3.50. The highest BCUT2D eigenvalue weighted by atomic mass is 19.1. The fourth-order valence-electron chi connectivity index (χ4n) is 5.43. The molecule has 0 spiro atoms. The third-order valence-corrected chi connectivity index (χ3v) is 6.98. The van der Waals surface area contributed by atoms with Crippen LogP contribution in [0.25, 0.3) is 0 Å². The van der Waals surface area contributed by atoms with Crippen LogP contribution >= 0.6 is 0 Å². The highest BCUT2D eigenvalue weighted by molar-refractivity contribution is 5.45. The number of rotatable bonds is 5. The summed E-state index contributed by atoms with van der Waals surface area (Å²) in [5, 5.41) is 10.1. The minimum Gasteiger partial charge on any atom is -0.493 e. The van der Waals surface area contributed by atoms with Gasteiger partial charge < -0.3 is 19.9 Å². The first-order chi connectivity index (χ1) is 16.5. The van der Waals surface area contributed by atoms with Crippen molar-refractivity contribution >= 4 is 0 Å². The normalized spacial score (nSPS) is 30.4. The van der Waals surface area contributed by atoms with E-state index < -0.39 is 6.23 Å². The lowest BCUT2D eigenvalue weighted by Crippen LogP contribution is -2.45. The van der Waals surface area contributed by atoms with Gasteiger partial charge in [-0.1, -0.05) is 18.2 Å². The molecule has 0 aliphatic carbocycles. The summed E-state index contributed by atoms with van der Waals surface area (Å²) in [6.07, 6.45) is -0.435. The quantitative estimate of drug-likeness (QED) is 0.448. The van der Waals surface area contributed by atoms with E-state index in [-0.39, 0.29) is 41.5 Å². The molecular weight excluding hydrogens is 439 g/mol. The second kappa shape index (κ2) is 9.12. The Bertz CT molecular complexity index is 1130. The van der Waals surface area contributed by atoms with Crippen LogP contribution < -0.4 is 36.9 Å². The van der Waals surface area contributed by atoms with Crippen LogP contribution in [0.15, 0.2) is 53.9 Å². The Hall–Kier alpha value is -3.36. The van der Waals surface area contributed by atoms with Crippen molar-refractivity contribution in [1.82, 2.24) is 21.7 Å². The number of benzene rings is 2. The number of nitrogens with two attached hydrogens (primary N) is 1. The van der Waals surface area contributed by atoms with Gasteiger partial charge in [0, 0.05) is 24.3 Å². The van der Waals surface area contributed by atoms with Crippen molar-refractivity contribution in [2.24, 2.45) is 23.5 Å². The van der Waals surface area contributed by atoms with E-state index in [1.165, 1.54) is 12.1 Å². The second-order valence-corrected chi connectivity index (χ2v) is 8.63. The highest BCUT2D eigenvalue weighted by Gasteiger charge is 2.53. The molecule has 10 heteroatoms. The number of methoxy groups -OCH3 is 2. The number of hydrazine groups is 2. The minimum atomic E-state index is -0.435. The summed E-state index contributed by atoms with van der Waals surface area (Å²) in [7, 11) is 3.19. The van der Waals surface area contributed by atoms with Crippen LogP contribution in [0.1, 0.15) is 23.2 Å². The summed E-state index contributed by atoms with van der Waals surface area (Å²) in [5.41, 5.74) is 21.6. The molecule has 5 rings (SSSR count). The van der Waals surface area contributed by atoms with Gasteiger partial charge in [0.2, 0.25) is 0 Å². The molecule has 0 saturated carbocycles. The Morgan fingerprint density at radius 2 is 1.74 bits per heavy atom. The van der Waals surface area contributed by atoms with E-state index in [0.29, 0.717) is 23.6 Å². The van der Waals surface area contributed by atoms with Gasteiger partial charge in [0.25, 0.3) is 0 Å². The van der Waals surface area contributed by atoms with Gasteiger partial charge in [0.1, 0.15) is 11.9 Å². The minimum absolute atomic E-state index is 0.0422. The van der Waals surface area contributed by atoms with Crippen LogP contribution in [-0.4, -0.2) is 27.0 Å². The first-order valence-corrected chi connectivity index (χ1v) is 11.1. The Morgan fingerprint density at radius 3 is 2.44 bits per heavy atom. The lowest BCUT2D eigenvalue weighted by atomic mass is 9.68. The molecule has 6 atom stereocenters. The maximum atomic E-state index is 13.6. The molecule has 2 aromatic carbocycles. The molecule has 0 bridgehead atoms. The predicted octanol–water partition coefficient (Wildman–Crippen LogP) is 1.74. The van der Waals surface area contributed by atoms with E-state index >= 15 is 0 Å². The zero-order valence-corrected chi connectivity index (χ0v) is 18.8. The summed E-state index contributed by atoms with van der Waals surface area (Å²) in [4.78, 5) is 0. The molecule has 0 amide bonds. The third kappa shape index (κ3) is 3.73. The Balaban J connectivity index is 1.55. The third-order valence-electron chi connectivity index (χ3n) is 6.98. The van der Waals surface area contributed by atoms with Crippen LogP contribution in [0.2, 0.25) is 0 Å². The van der Waals surface area contributed by atoms with Crippen molar-refractivity contribution in [3.8, 4) is 17.6 Å². The van der Waals surface area contributed by atoms with E-state index in [9.17, 15) is 9.65 Å². The molecule has 9 nitrogen and oxygen atoms in total. The fraction of sp³-hybridized carbons (Fsp3) is 0.375. The molecule has 3 heterocycles. The molecule has 34 heavy (non-hydrogen) atoms. The number of halogens is 1. The summed E-state index contributed by atoms with van der Waals surface area (Å²) < 4.78 is 30.4. The molecule has 178 valence electrons. The fourth-order valence-corrected chi connectivity index (χ4v) is 5.43. The van der Waals surface area contributed by atoms with Gasteiger partial charge in [-0.15, -0.1) is 0 Å². The standard InChI is InChI=1S/C24H27FN6O3/c1-32-17-8-5-13(9-18(17)33-2)22-20-19(15(10-26)23(27)34-24(20)31-30-22)16-11-28-29-21(16)12-3-6-14(25)7-4-12/h3-9,16,19-22,24,28-31H,11,27H2,1-2H3. The largest absolute Gasteiger partial charge is 0.493 e. The maximum Gasteiger partial charge on any atom is 0.200 e. The molecule has 0 radical (unpaired) electrons. The Labute approximate surface area is 197 Å². The first-order valence-electron chi connectivity index (χ1n) is 11.1. The predicted molar refractivity (Wildman–Crippen MR) is 121 cm³/mol.